The predicted octanol–water partition coefficient (Wildman–Crippen LogP) is 1.01. The molecule has 2 rings (SSSR count). The SMILES string of the molecule is COCCCNC(=NCc1nnc(C)n1C)NCC1(CCOC)CC1. The van der Waals surface area contributed by atoms with E-state index in [1.54, 1.807) is 14.2 Å². The molecular formula is C17H32N6O2. The van der Waals surface area contributed by atoms with Gasteiger partial charge in [-0.15, -0.1) is 10.2 Å². The van der Waals surface area contributed by atoms with Crippen molar-refractivity contribution in [3.05, 3.63) is 11.6 Å². The van der Waals surface area contributed by atoms with Crippen LogP contribution in [-0.2, 0) is 23.1 Å². The number of rotatable bonds is 11. The number of hydrogen-bond acceptors (Lipinski definition) is 5. The minimum absolute atomic E-state index is 0.367. The molecule has 0 spiro atoms. The molecule has 1 aliphatic carbocycles. The van der Waals surface area contributed by atoms with Gasteiger partial charge < -0.3 is 24.7 Å². The molecule has 8 nitrogen and oxygen atoms in total. The number of aryl methyl sites for hydroxylation is 1. The van der Waals surface area contributed by atoms with Crippen LogP contribution in [0.5, 0.6) is 0 Å². The molecule has 0 aliphatic heterocycles. The van der Waals surface area contributed by atoms with E-state index in [1.807, 2.05) is 18.5 Å². The van der Waals surface area contributed by atoms with Crippen molar-refractivity contribution in [1.82, 2.24) is 25.4 Å². The van der Waals surface area contributed by atoms with Gasteiger partial charge in [0.1, 0.15) is 12.4 Å². The van der Waals surface area contributed by atoms with Crippen molar-refractivity contribution in [2.24, 2.45) is 17.5 Å². The van der Waals surface area contributed by atoms with Gasteiger partial charge in [0.2, 0.25) is 0 Å². The van der Waals surface area contributed by atoms with Crippen LogP contribution in [0.3, 0.4) is 0 Å². The average Bonchev–Trinajstić information content (AvgIpc) is 3.32. The summed E-state index contributed by atoms with van der Waals surface area (Å²) in [6.45, 7) is 5.73. The topological polar surface area (TPSA) is 85.6 Å². The van der Waals surface area contributed by atoms with Crippen LogP contribution in [0.15, 0.2) is 4.99 Å². The zero-order valence-corrected chi connectivity index (χ0v) is 16.0. The second-order valence-corrected chi connectivity index (χ2v) is 6.76. The maximum absolute atomic E-state index is 5.23. The Morgan fingerprint density at radius 3 is 2.56 bits per heavy atom. The van der Waals surface area contributed by atoms with Gasteiger partial charge in [0.15, 0.2) is 11.8 Å². The number of aliphatic imine (C=N–C) groups is 1. The number of aromatic nitrogens is 3. The lowest BCUT2D eigenvalue weighted by atomic mass is 10.0. The monoisotopic (exact) mass is 352 g/mol. The Labute approximate surface area is 150 Å². The molecule has 1 aromatic heterocycles. The van der Waals surface area contributed by atoms with Crippen molar-refractivity contribution in [3.8, 4) is 0 Å². The Morgan fingerprint density at radius 2 is 1.96 bits per heavy atom. The fourth-order valence-corrected chi connectivity index (χ4v) is 2.62. The summed E-state index contributed by atoms with van der Waals surface area (Å²) >= 11 is 0. The molecule has 1 saturated carbocycles. The Morgan fingerprint density at radius 1 is 1.20 bits per heavy atom. The van der Waals surface area contributed by atoms with E-state index in [2.05, 4.69) is 25.8 Å². The standard InChI is InChI=1S/C17H32N6O2/c1-14-21-22-15(23(14)2)12-19-16(18-9-5-10-24-3)20-13-17(6-7-17)8-11-25-4/h5-13H2,1-4H3,(H2,18,19,20). The van der Waals surface area contributed by atoms with E-state index in [4.69, 9.17) is 9.47 Å². The molecule has 0 aromatic carbocycles. The van der Waals surface area contributed by atoms with Crippen molar-refractivity contribution in [2.45, 2.75) is 39.2 Å². The highest BCUT2D eigenvalue weighted by Crippen LogP contribution is 2.48. The molecule has 25 heavy (non-hydrogen) atoms. The fourth-order valence-electron chi connectivity index (χ4n) is 2.62. The van der Waals surface area contributed by atoms with Gasteiger partial charge in [0.05, 0.1) is 0 Å². The number of nitrogens with one attached hydrogen (secondary N) is 2. The number of methoxy groups -OCH3 is 2. The van der Waals surface area contributed by atoms with Gasteiger partial charge in [-0.2, -0.15) is 0 Å². The molecule has 142 valence electrons. The molecule has 0 radical (unpaired) electrons. The van der Waals surface area contributed by atoms with Crippen molar-refractivity contribution < 1.29 is 9.47 Å². The summed E-state index contributed by atoms with van der Waals surface area (Å²) in [5.41, 5.74) is 0.367. The third-order valence-electron chi connectivity index (χ3n) is 4.80. The Bertz CT molecular complexity index is 553. The van der Waals surface area contributed by atoms with Crippen LogP contribution in [-0.4, -0.2) is 61.2 Å². The Hall–Kier alpha value is -1.67. The van der Waals surface area contributed by atoms with Crippen molar-refractivity contribution in [2.75, 3.05) is 40.5 Å². The minimum Gasteiger partial charge on any atom is -0.385 e. The molecular weight excluding hydrogens is 320 g/mol. The highest BCUT2D eigenvalue weighted by atomic mass is 16.5. The predicted molar refractivity (Wildman–Crippen MR) is 97.5 cm³/mol. The Balaban J connectivity index is 1.90. The summed E-state index contributed by atoms with van der Waals surface area (Å²) in [6, 6.07) is 0. The summed E-state index contributed by atoms with van der Waals surface area (Å²) in [7, 11) is 5.44. The van der Waals surface area contributed by atoms with Gasteiger partial charge in [0, 0.05) is 47.6 Å². The second kappa shape index (κ2) is 9.72. The summed E-state index contributed by atoms with van der Waals surface area (Å²) in [5.74, 6) is 2.57. The van der Waals surface area contributed by atoms with Crippen molar-refractivity contribution in [1.29, 1.82) is 0 Å². The van der Waals surface area contributed by atoms with Crippen LogP contribution in [0.4, 0.5) is 0 Å². The second-order valence-electron chi connectivity index (χ2n) is 6.76. The van der Waals surface area contributed by atoms with E-state index in [-0.39, 0.29) is 0 Å². The zero-order chi connectivity index (χ0) is 18.1. The van der Waals surface area contributed by atoms with Gasteiger partial charge in [-0.05, 0) is 38.0 Å². The number of hydrogen-bond donors (Lipinski definition) is 2. The molecule has 1 heterocycles. The Kier molecular flexibility index (Phi) is 7.64. The maximum Gasteiger partial charge on any atom is 0.191 e. The zero-order valence-electron chi connectivity index (χ0n) is 16.0. The molecule has 1 aromatic rings. The lowest BCUT2D eigenvalue weighted by Gasteiger charge is -2.18. The molecule has 8 heteroatoms. The largest absolute Gasteiger partial charge is 0.385 e. The van der Waals surface area contributed by atoms with Crippen LogP contribution in [0.2, 0.25) is 0 Å². The molecule has 0 bridgehead atoms. The number of guanidine groups is 1. The van der Waals surface area contributed by atoms with Crippen LogP contribution in [0.25, 0.3) is 0 Å². The van der Waals surface area contributed by atoms with Gasteiger partial charge in [-0.1, -0.05) is 0 Å². The number of ether oxygens (including phenoxy) is 2. The first-order chi connectivity index (χ1) is 12.1. The van der Waals surface area contributed by atoms with Crippen molar-refractivity contribution in [3.63, 3.8) is 0 Å². The lowest BCUT2D eigenvalue weighted by Crippen LogP contribution is -2.41. The smallest absolute Gasteiger partial charge is 0.191 e. The average molecular weight is 352 g/mol. The molecule has 2 N–H and O–H groups in total. The highest BCUT2D eigenvalue weighted by molar-refractivity contribution is 5.79. The third-order valence-corrected chi connectivity index (χ3v) is 4.80. The van der Waals surface area contributed by atoms with E-state index >= 15 is 0 Å². The van der Waals surface area contributed by atoms with Crippen LogP contribution in [0, 0.1) is 12.3 Å². The molecule has 0 atom stereocenters. The minimum atomic E-state index is 0.367. The van der Waals surface area contributed by atoms with Crippen LogP contribution < -0.4 is 10.6 Å². The van der Waals surface area contributed by atoms with Gasteiger partial charge in [-0.3, -0.25) is 0 Å². The number of nitrogens with zero attached hydrogens (tertiary/aromatic N) is 4. The normalized spacial score (nSPS) is 16.1. The summed E-state index contributed by atoms with van der Waals surface area (Å²) in [6.07, 6.45) is 4.54. The lowest BCUT2D eigenvalue weighted by molar-refractivity contribution is 0.172. The fraction of sp³-hybridized carbons (Fsp3) is 0.824. The summed E-state index contributed by atoms with van der Waals surface area (Å²) in [5, 5.41) is 15.1. The third kappa shape index (κ3) is 6.28. The molecule has 1 aliphatic rings. The van der Waals surface area contributed by atoms with Gasteiger partial charge in [0.25, 0.3) is 0 Å². The summed E-state index contributed by atoms with van der Waals surface area (Å²) in [4.78, 5) is 4.68. The van der Waals surface area contributed by atoms with E-state index in [0.29, 0.717) is 12.0 Å². The van der Waals surface area contributed by atoms with Crippen molar-refractivity contribution >= 4 is 5.96 Å². The molecule has 0 amide bonds. The maximum atomic E-state index is 5.23. The first kappa shape index (κ1) is 19.7. The quantitative estimate of drug-likeness (QED) is 0.351. The molecule has 0 saturated heterocycles. The first-order valence-corrected chi connectivity index (χ1v) is 8.95. The van der Waals surface area contributed by atoms with Gasteiger partial charge in [-0.25, -0.2) is 4.99 Å². The van der Waals surface area contributed by atoms with E-state index in [0.717, 1.165) is 56.8 Å². The van der Waals surface area contributed by atoms with Gasteiger partial charge >= 0.3 is 0 Å². The van der Waals surface area contributed by atoms with Crippen LogP contribution >= 0.6 is 0 Å². The van der Waals surface area contributed by atoms with Crippen LogP contribution in [0.1, 0.15) is 37.3 Å². The summed E-state index contributed by atoms with van der Waals surface area (Å²) < 4.78 is 12.3. The van der Waals surface area contributed by atoms with E-state index in [1.165, 1.54) is 12.8 Å². The highest BCUT2D eigenvalue weighted by Gasteiger charge is 2.41. The van der Waals surface area contributed by atoms with E-state index < -0.39 is 0 Å². The van der Waals surface area contributed by atoms with E-state index in [9.17, 15) is 0 Å². The molecule has 0 unspecified atom stereocenters. The first-order valence-electron chi connectivity index (χ1n) is 8.95. The molecule has 1 fully saturated rings.